The van der Waals surface area contributed by atoms with Crippen LogP contribution in [0.25, 0.3) is 6.08 Å². The van der Waals surface area contributed by atoms with Crippen LogP contribution < -0.4 is 14.8 Å². The van der Waals surface area contributed by atoms with E-state index in [1.165, 1.54) is 14.0 Å². The van der Waals surface area contributed by atoms with Gasteiger partial charge in [-0.3, -0.25) is 4.79 Å². The number of benzene rings is 1. The van der Waals surface area contributed by atoms with Gasteiger partial charge >= 0.3 is 12.1 Å². The molecule has 1 amide bonds. The van der Waals surface area contributed by atoms with Crippen LogP contribution in [-0.2, 0) is 9.53 Å². The third kappa shape index (κ3) is 7.35. The Hall–Kier alpha value is -2.50. The predicted octanol–water partition coefficient (Wildman–Crippen LogP) is 3.16. The molecule has 0 fully saturated rings. The van der Waals surface area contributed by atoms with E-state index in [1.54, 1.807) is 45.0 Å². The van der Waals surface area contributed by atoms with E-state index in [-0.39, 0.29) is 0 Å². The Morgan fingerprint density at radius 1 is 1.22 bits per heavy atom. The first-order valence-corrected chi connectivity index (χ1v) is 7.21. The average Bonchev–Trinajstić information content (AvgIpc) is 2.42. The van der Waals surface area contributed by atoms with Crippen LogP contribution in [0.15, 0.2) is 24.3 Å². The molecular weight excluding hydrogens is 298 g/mol. The van der Waals surface area contributed by atoms with E-state index in [4.69, 9.17) is 14.2 Å². The van der Waals surface area contributed by atoms with Crippen LogP contribution in [0.3, 0.4) is 0 Å². The summed E-state index contributed by atoms with van der Waals surface area (Å²) in [4.78, 5) is 22.5. The van der Waals surface area contributed by atoms with Crippen molar-refractivity contribution in [2.24, 2.45) is 0 Å². The Kier molecular flexibility index (Phi) is 6.63. The van der Waals surface area contributed by atoms with Crippen LogP contribution in [0, 0.1) is 0 Å². The second-order valence-corrected chi connectivity index (χ2v) is 5.79. The van der Waals surface area contributed by atoms with Gasteiger partial charge in [0.25, 0.3) is 0 Å². The largest absolute Gasteiger partial charge is 0.493 e. The van der Waals surface area contributed by atoms with Gasteiger partial charge in [-0.1, -0.05) is 18.2 Å². The first kappa shape index (κ1) is 18.5. The molecule has 6 nitrogen and oxygen atoms in total. The Bertz CT molecular complexity index is 587. The van der Waals surface area contributed by atoms with Gasteiger partial charge in [0.1, 0.15) is 5.60 Å². The second-order valence-electron chi connectivity index (χ2n) is 5.79. The van der Waals surface area contributed by atoms with Crippen LogP contribution in [0.4, 0.5) is 4.79 Å². The van der Waals surface area contributed by atoms with Crippen LogP contribution in [0.5, 0.6) is 11.5 Å². The quantitative estimate of drug-likeness (QED) is 0.666. The minimum atomic E-state index is -0.520. The number of nitrogens with one attached hydrogen (secondary N) is 1. The number of alkyl carbamates (subject to hydrolysis) is 1. The third-order valence-corrected chi connectivity index (χ3v) is 2.51. The summed E-state index contributed by atoms with van der Waals surface area (Å²) >= 11 is 0. The molecule has 0 atom stereocenters. The molecule has 0 saturated carbocycles. The van der Waals surface area contributed by atoms with E-state index in [2.05, 4.69) is 5.32 Å². The molecule has 6 heteroatoms. The summed E-state index contributed by atoms with van der Waals surface area (Å²) in [5, 5.41) is 2.63. The van der Waals surface area contributed by atoms with Crippen molar-refractivity contribution in [3.63, 3.8) is 0 Å². The molecule has 0 aliphatic rings. The SMILES string of the molecule is COc1cc(C=CCNC(=O)OC(C)(C)C)ccc1OC(C)=O. The summed E-state index contributed by atoms with van der Waals surface area (Å²) in [6, 6.07) is 5.17. The van der Waals surface area contributed by atoms with Gasteiger partial charge in [0, 0.05) is 13.5 Å². The monoisotopic (exact) mass is 321 g/mol. The van der Waals surface area contributed by atoms with Gasteiger partial charge in [-0.25, -0.2) is 4.79 Å². The number of carbonyl (C=O) groups excluding carboxylic acids is 2. The Balaban J connectivity index is 2.60. The molecule has 0 heterocycles. The molecule has 1 rings (SSSR count). The average molecular weight is 321 g/mol. The lowest BCUT2D eigenvalue weighted by molar-refractivity contribution is -0.132. The fourth-order valence-corrected chi connectivity index (χ4v) is 1.68. The van der Waals surface area contributed by atoms with E-state index in [0.29, 0.717) is 18.0 Å². The summed E-state index contributed by atoms with van der Waals surface area (Å²) in [7, 11) is 1.50. The molecule has 0 spiro atoms. The molecule has 1 aromatic carbocycles. The van der Waals surface area contributed by atoms with Crippen molar-refractivity contribution in [1.82, 2.24) is 5.32 Å². The summed E-state index contributed by atoms with van der Waals surface area (Å²) in [6.07, 6.45) is 3.13. The zero-order valence-corrected chi connectivity index (χ0v) is 14.1. The van der Waals surface area contributed by atoms with Gasteiger partial charge in [0.2, 0.25) is 0 Å². The number of hydrogen-bond acceptors (Lipinski definition) is 5. The number of rotatable bonds is 5. The number of carbonyl (C=O) groups is 2. The maximum Gasteiger partial charge on any atom is 0.407 e. The lowest BCUT2D eigenvalue weighted by atomic mass is 10.2. The number of ether oxygens (including phenoxy) is 3. The van der Waals surface area contributed by atoms with Crippen molar-refractivity contribution in [2.45, 2.75) is 33.3 Å². The molecule has 1 N–H and O–H groups in total. The van der Waals surface area contributed by atoms with Gasteiger partial charge < -0.3 is 19.5 Å². The topological polar surface area (TPSA) is 73.9 Å². The number of hydrogen-bond donors (Lipinski definition) is 1. The van der Waals surface area contributed by atoms with E-state index in [1.807, 2.05) is 6.08 Å². The van der Waals surface area contributed by atoms with Crippen molar-refractivity contribution < 1.29 is 23.8 Å². The van der Waals surface area contributed by atoms with Gasteiger partial charge in [-0.15, -0.1) is 0 Å². The normalized spacial score (nSPS) is 11.2. The standard InChI is InChI=1S/C17H23NO5/c1-12(19)22-14-9-8-13(11-15(14)21-5)7-6-10-18-16(20)23-17(2,3)4/h6-9,11H,10H2,1-5H3,(H,18,20). The highest BCUT2D eigenvalue weighted by Gasteiger charge is 2.15. The third-order valence-electron chi connectivity index (χ3n) is 2.51. The minimum absolute atomic E-state index is 0.336. The lowest BCUT2D eigenvalue weighted by Crippen LogP contribution is -2.32. The smallest absolute Gasteiger partial charge is 0.407 e. The van der Waals surface area contributed by atoms with Gasteiger partial charge in [-0.2, -0.15) is 0 Å². The van der Waals surface area contributed by atoms with E-state index in [0.717, 1.165) is 5.56 Å². The molecule has 0 saturated heterocycles. The van der Waals surface area contributed by atoms with Crippen molar-refractivity contribution in [2.75, 3.05) is 13.7 Å². The van der Waals surface area contributed by atoms with Gasteiger partial charge in [0.05, 0.1) is 7.11 Å². The molecule has 0 radical (unpaired) electrons. The van der Waals surface area contributed by atoms with Crippen LogP contribution in [0.2, 0.25) is 0 Å². The molecular formula is C17H23NO5. The highest BCUT2D eigenvalue weighted by molar-refractivity contribution is 5.71. The van der Waals surface area contributed by atoms with E-state index in [9.17, 15) is 9.59 Å². The highest BCUT2D eigenvalue weighted by atomic mass is 16.6. The molecule has 0 aliphatic heterocycles. The van der Waals surface area contributed by atoms with Crippen molar-refractivity contribution >= 4 is 18.1 Å². The number of methoxy groups -OCH3 is 1. The Labute approximate surface area is 136 Å². The van der Waals surface area contributed by atoms with Crippen molar-refractivity contribution in [1.29, 1.82) is 0 Å². The van der Waals surface area contributed by atoms with E-state index < -0.39 is 17.7 Å². The fourth-order valence-electron chi connectivity index (χ4n) is 1.68. The summed E-state index contributed by atoms with van der Waals surface area (Å²) in [5.74, 6) is 0.416. The second kappa shape index (κ2) is 8.22. The maximum absolute atomic E-state index is 11.5. The van der Waals surface area contributed by atoms with Crippen LogP contribution in [-0.4, -0.2) is 31.3 Å². The molecule has 0 aromatic heterocycles. The summed E-state index contributed by atoms with van der Waals surface area (Å²) < 4.78 is 15.3. The minimum Gasteiger partial charge on any atom is -0.493 e. The molecule has 0 bridgehead atoms. The van der Waals surface area contributed by atoms with Crippen LogP contribution in [0.1, 0.15) is 33.3 Å². The zero-order valence-electron chi connectivity index (χ0n) is 14.1. The number of amides is 1. The lowest BCUT2D eigenvalue weighted by Gasteiger charge is -2.19. The maximum atomic E-state index is 11.5. The Morgan fingerprint density at radius 3 is 2.48 bits per heavy atom. The molecule has 0 unspecified atom stereocenters. The molecule has 23 heavy (non-hydrogen) atoms. The van der Waals surface area contributed by atoms with Gasteiger partial charge in [0.15, 0.2) is 11.5 Å². The number of esters is 1. The molecule has 1 aromatic rings. The van der Waals surface area contributed by atoms with Crippen molar-refractivity contribution in [3.8, 4) is 11.5 Å². The summed E-state index contributed by atoms with van der Waals surface area (Å²) in [5.41, 5.74) is 0.331. The first-order chi connectivity index (χ1) is 10.7. The van der Waals surface area contributed by atoms with Gasteiger partial charge in [-0.05, 0) is 38.5 Å². The molecule has 126 valence electrons. The predicted molar refractivity (Wildman–Crippen MR) is 87.6 cm³/mol. The first-order valence-electron chi connectivity index (χ1n) is 7.21. The Morgan fingerprint density at radius 2 is 1.91 bits per heavy atom. The fraction of sp³-hybridized carbons (Fsp3) is 0.412. The van der Waals surface area contributed by atoms with Crippen LogP contribution >= 0.6 is 0 Å². The zero-order chi connectivity index (χ0) is 17.5. The van der Waals surface area contributed by atoms with E-state index >= 15 is 0 Å². The molecule has 0 aliphatic carbocycles. The van der Waals surface area contributed by atoms with Crippen molar-refractivity contribution in [3.05, 3.63) is 29.8 Å². The summed E-state index contributed by atoms with van der Waals surface area (Å²) in [6.45, 7) is 7.08. The highest BCUT2D eigenvalue weighted by Crippen LogP contribution is 2.28.